The third-order valence-corrected chi connectivity index (χ3v) is 5.47. The minimum atomic E-state index is -3.98. The number of likely N-dealkylation sites (N-methyl/N-ethyl adjacent to an activating group) is 1. The highest BCUT2D eigenvalue weighted by Crippen LogP contribution is 2.14. The molecule has 1 heterocycles. The molecule has 1 saturated heterocycles. The second-order valence-corrected chi connectivity index (χ2v) is 7.46. The van der Waals surface area contributed by atoms with Crippen molar-refractivity contribution in [1.82, 2.24) is 14.9 Å². The number of likely N-dealkylation sites (tertiary alicyclic amines) is 1. The van der Waals surface area contributed by atoms with Crippen molar-refractivity contribution < 1.29 is 22.0 Å². The van der Waals surface area contributed by atoms with Crippen molar-refractivity contribution in [2.24, 2.45) is 0 Å². The molecule has 1 aliphatic heterocycles. The van der Waals surface area contributed by atoms with E-state index >= 15 is 0 Å². The Morgan fingerprint density at radius 1 is 1.32 bits per heavy atom. The van der Waals surface area contributed by atoms with Crippen LogP contribution < -0.4 is 10.0 Å². The third-order valence-electron chi connectivity index (χ3n) is 4.01. The van der Waals surface area contributed by atoms with Gasteiger partial charge in [0, 0.05) is 32.1 Å². The van der Waals surface area contributed by atoms with Crippen molar-refractivity contribution in [3.05, 3.63) is 29.8 Å². The van der Waals surface area contributed by atoms with Gasteiger partial charge in [-0.05, 0) is 38.1 Å². The highest BCUT2D eigenvalue weighted by atomic mass is 35.5. The molecule has 2 rings (SSSR count). The second kappa shape index (κ2) is 9.42. The van der Waals surface area contributed by atoms with E-state index in [1.807, 2.05) is 7.05 Å². The molecule has 0 saturated carbocycles. The highest BCUT2D eigenvalue weighted by Gasteiger charge is 2.23. The Balaban J connectivity index is 0.00000312. The molecule has 1 aliphatic rings. The molecule has 0 aliphatic carbocycles. The predicted molar refractivity (Wildman–Crippen MR) is 92.1 cm³/mol. The van der Waals surface area contributed by atoms with Gasteiger partial charge in [-0.15, -0.1) is 12.4 Å². The molecule has 142 valence electrons. The van der Waals surface area contributed by atoms with Gasteiger partial charge in [0.15, 0.2) is 11.6 Å². The van der Waals surface area contributed by atoms with Crippen molar-refractivity contribution in [2.75, 3.05) is 26.7 Å². The van der Waals surface area contributed by atoms with Crippen molar-refractivity contribution in [1.29, 1.82) is 0 Å². The van der Waals surface area contributed by atoms with Crippen molar-refractivity contribution in [3.63, 3.8) is 0 Å². The van der Waals surface area contributed by atoms with E-state index < -0.39 is 21.7 Å². The molecule has 1 unspecified atom stereocenters. The summed E-state index contributed by atoms with van der Waals surface area (Å²) in [6.07, 6.45) is 1.92. The Kier molecular flexibility index (Phi) is 8.20. The van der Waals surface area contributed by atoms with E-state index in [9.17, 15) is 22.0 Å². The van der Waals surface area contributed by atoms with Crippen molar-refractivity contribution >= 4 is 28.3 Å². The van der Waals surface area contributed by atoms with E-state index in [-0.39, 0.29) is 42.2 Å². The molecule has 0 aromatic heterocycles. The van der Waals surface area contributed by atoms with Gasteiger partial charge in [0.1, 0.15) is 0 Å². The normalized spacial score (nSPS) is 17.9. The minimum Gasteiger partial charge on any atom is -0.341 e. The van der Waals surface area contributed by atoms with Crippen LogP contribution in [0.25, 0.3) is 0 Å². The molecule has 0 radical (unpaired) electrons. The number of piperidine rings is 1. The third kappa shape index (κ3) is 5.88. The van der Waals surface area contributed by atoms with Crippen LogP contribution in [-0.4, -0.2) is 51.9 Å². The Bertz CT molecular complexity index is 703. The van der Waals surface area contributed by atoms with E-state index in [0.717, 1.165) is 25.0 Å². The zero-order valence-corrected chi connectivity index (χ0v) is 15.4. The van der Waals surface area contributed by atoms with E-state index in [2.05, 4.69) is 10.0 Å². The number of hydrogen-bond acceptors (Lipinski definition) is 4. The average molecular weight is 398 g/mol. The smallest absolute Gasteiger partial charge is 0.240 e. The second-order valence-electron chi connectivity index (χ2n) is 5.69. The Morgan fingerprint density at radius 3 is 2.68 bits per heavy atom. The van der Waals surface area contributed by atoms with Gasteiger partial charge in [-0.1, -0.05) is 0 Å². The lowest BCUT2D eigenvalue weighted by Crippen LogP contribution is -2.47. The van der Waals surface area contributed by atoms with E-state index in [4.69, 9.17) is 0 Å². The number of benzene rings is 1. The fourth-order valence-corrected chi connectivity index (χ4v) is 3.66. The van der Waals surface area contributed by atoms with Crippen LogP contribution >= 0.6 is 12.4 Å². The Morgan fingerprint density at radius 2 is 2.04 bits per heavy atom. The van der Waals surface area contributed by atoms with E-state index in [1.165, 1.54) is 0 Å². The van der Waals surface area contributed by atoms with Gasteiger partial charge in [-0.3, -0.25) is 4.79 Å². The largest absolute Gasteiger partial charge is 0.341 e. The van der Waals surface area contributed by atoms with Crippen LogP contribution in [0.2, 0.25) is 0 Å². The summed E-state index contributed by atoms with van der Waals surface area (Å²) in [5.41, 5.74) is 0. The Hall–Kier alpha value is -1.29. The molecule has 2 N–H and O–H groups in total. The number of rotatable bonds is 6. The monoisotopic (exact) mass is 397 g/mol. The van der Waals surface area contributed by atoms with E-state index in [0.29, 0.717) is 19.2 Å². The lowest BCUT2D eigenvalue weighted by molar-refractivity contribution is -0.132. The van der Waals surface area contributed by atoms with Crippen molar-refractivity contribution in [3.8, 4) is 0 Å². The molecular weight excluding hydrogens is 376 g/mol. The number of halogens is 3. The minimum absolute atomic E-state index is 0. The van der Waals surface area contributed by atoms with Gasteiger partial charge in [0.25, 0.3) is 0 Å². The summed E-state index contributed by atoms with van der Waals surface area (Å²) in [6, 6.07) is 2.59. The molecule has 0 spiro atoms. The van der Waals surface area contributed by atoms with Gasteiger partial charge in [-0.25, -0.2) is 21.9 Å². The summed E-state index contributed by atoms with van der Waals surface area (Å²) in [4.78, 5) is 13.5. The topological polar surface area (TPSA) is 78.5 Å². The highest BCUT2D eigenvalue weighted by molar-refractivity contribution is 7.89. The lowest BCUT2D eigenvalue weighted by atomic mass is 10.1. The summed E-state index contributed by atoms with van der Waals surface area (Å²) in [7, 11) is -2.14. The van der Waals surface area contributed by atoms with Crippen LogP contribution in [0, 0.1) is 11.6 Å². The van der Waals surface area contributed by atoms with Crippen LogP contribution in [0.15, 0.2) is 23.1 Å². The predicted octanol–water partition coefficient (Wildman–Crippen LogP) is 1.27. The fraction of sp³-hybridized carbons (Fsp3) is 0.533. The average Bonchev–Trinajstić information content (AvgIpc) is 2.57. The van der Waals surface area contributed by atoms with Gasteiger partial charge < -0.3 is 10.2 Å². The number of nitrogens with one attached hydrogen (secondary N) is 2. The van der Waals surface area contributed by atoms with Crippen LogP contribution in [0.5, 0.6) is 0 Å². The SMILES string of the molecule is CNC1CCCN(C(=O)CCNS(=O)(=O)c2ccc(F)c(F)c2)C1.Cl. The van der Waals surface area contributed by atoms with Crippen LogP contribution in [0.3, 0.4) is 0 Å². The molecule has 0 bridgehead atoms. The number of hydrogen-bond donors (Lipinski definition) is 2. The standard InChI is InChI=1S/C15H21F2N3O3S.ClH/c1-18-11-3-2-8-20(10-11)15(21)6-7-19-24(22,23)12-4-5-13(16)14(17)9-12;/h4-5,9,11,18-19H,2-3,6-8,10H2,1H3;1H. The first kappa shape index (κ1) is 21.8. The number of carbonyl (C=O) groups excluding carboxylic acids is 1. The molecule has 1 amide bonds. The number of amides is 1. The zero-order valence-electron chi connectivity index (χ0n) is 13.8. The first-order valence-corrected chi connectivity index (χ1v) is 9.21. The molecule has 10 heteroatoms. The van der Waals surface area contributed by atoms with E-state index in [1.54, 1.807) is 4.90 Å². The molecule has 1 aromatic carbocycles. The number of sulfonamides is 1. The summed E-state index contributed by atoms with van der Waals surface area (Å²) in [6.45, 7) is 1.17. The molecule has 6 nitrogen and oxygen atoms in total. The quantitative estimate of drug-likeness (QED) is 0.757. The maximum atomic E-state index is 13.1. The Labute approximate surface area is 152 Å². The maximum absolute atomic E-state index is 13.1. The zero-order chi connectivity index (χ0) is 17.7. The van der Waals surface area contributed by atoms with Crippen LogP contribution in [-0.2, 0) is 14.8 Å². The summed E-state index contributed by atoms with van der Waals surface area (Å²) < 4.78 is 52.3. The number of carbonyl (C=O) groups is 1. The lowest BCUT2D eigenvalue weighted by Gasteiger charge is -2.32. The summed E-state index contributed by atoms with van der Waals surface area (Å²) >= 11 is 0. The molecular formula is C15H22ClF2N3O3S. The fourth-order valence-electron chi connectivity index (χ4n) is 2.62. The van der Waals surface area contributed by atoms with Gasteiger partial charge in [0.05, 0.1) is 4.90 Å². The summed E-state index contributed by atoms with van der Waals surface area (Å²) in [5, 5.41) is 3.13. The molecule has 1 aromatic rings. The first-order chi connectivity index (χ1) is 11.3. The molecule has 1 fully saturated rings. The molecule has 1 atom stereocenters. The van der Waals surface area contributed by atoms with Crippen molar-refractivity contribution in [2.45, 2.75) is 30.2 Å². The molecule has 25 heavy (non-hydrogen) atoms. The van der Waals surface area contributed by atoms with Crippen LogP contribution in [0.1, 0.15) is 19.3 Å². The first-order valence-electron chi connectivity index (χ1n) is 7.73. The summed E-state index contributed by atoms with van der Waals surface area (Å²) in [5.74, 6) is -2.49. The number of nitrogens with zero attached hydrogens (tertiary/aromatic N) is 1. The van der Waals surface area contributed by atoms with Gasteiger partial charge in [-0.2, -0.15) is 0 Å². The maximum Gasteiger partial charge on any atom is 0.240 e. The van der Waals surface area contributed by atoms with Gasteiger partial charge in [0.2, 0.25) is 15.9 Å². The van der Waals surface area contributed by atoms with Crippen LogP contribution in [0.4, 0.5) is 8.78 Å². The van der Waals surface area contributed by atoms with Gasteiger partial charge >= 0.3 is 0 Å².